The molecule has 0 fully saturated rings. The quantitative estimate of drug-likeness (QED) is 0.572. The Bertz CT molecular complexity index is 855. The predicted molar refractivity (Wildman–Crippen MR) is 109 cm³/mol. The van der Waals surface area contributed by atoms with Gasteiger partial charge in [0.05, 0.1) is 6.61 Å². The number of thiocarbonyl (C=S) groups is 1. The average Bonchev–Trinajstić information content (AvgIpc) is 2.98. The predicted octanol–water partition coefficient (Wildman–Crippen LogP) is 4.59. The summed E-state index contributed by atoms with van der Waals surface area (Å²) in [5.41, 5.74) is 0.963. The molecule has 2 rings (SSSR count). The Kier molecular flexibility index (Phi) is 6.67. The van der Waals surface area contributed by atoms with E-state index in [1.165, 1.54) is 23.5 Å². The molecule has 8 heteroatoms. The highest BCUT2D eigenvalue weighted by atomic mass is 32.1. The van der Waals surface area contributed by atoms with E-state index in [2.05, 4.69) is 10.6 Å². The molecule has 0 saturated heterocycles. The average molecular weight is 409 g/mol. The number of nitrogens with one attached hydrogen (secondary N) is 2. The first-order valence-corrected chi connectivity index (χ1v) is 9.59. The van der Waals surface area contributed by atoms with Gasteiger partial charge in [0.25, 0.3) is 0 Å². The van der Waals surface area contributed by atoms with Gasteiger partial charge in [0.15, 0.2) is 5.11 Å². The molecule has 0 aliphatic rings. The van der Waals surface area contributed by atoms with Crippen molar-refractivity contribution < 1.29 is 18.7 Å². The smallest absolute Gasteiger partial charge is 0.341 e. The zero-order valence-corrected chi connectivity index (χ0v) is 17.1. The number of hydrogen-bond acceptors (Lipinski definition) is 5. The molecule has 0 aliphatic carbocycles. The van der Waals surface area contributed by atoms with E-state index in [-0.39, 0.29) is 23.4 Å². The van der Waals surface area contributed by atoms with E-state index < -0.39 is 11.4 Å². The third-order valence-electron chi connectivity index (χ3n) is 3.56. The summed E-state index contributed by atoms with van der Waals surface area (Å²) < 4.78 is 18.4. The van der Waals surface area contributed by atoms with Crippen LogP contribution in [0.4, 0.5) is 9.39 Å². The van der Waals surface area contributed by atoms with E-state index in [0.717, 1.165) is 0 Å². The minimum absolute atomic E-state index is 0.0907. The Hall–Kier alpha value is -2.32. The highest BCUT2D eigenvalue weighted by Crippen LogP contribution is 2.36. The van der Waals surface area contributed by atoms with Crippen LogP contribution in [-0.2, 0) is 9.53 Å². The Morgan fingerprint density at radius 3 is 2.41 bits per heavy atom. The summed E-state index contributed by atoms with van der Waals surface area (Å²) in [5.74, 6) is -1.13. The first kappa shape index (κ1) is 21.0. The number of ether oxygens (including phenoxy) is 1. The topological polar surface area (TPSA) is 67.4 Å². The van der Waals surface area contributed by atoms with Gasteiger partial charge in [0.1, 0.15) is 16.4 Å². The Morgan fingerprint density at radius 1 is 1.22 bits per heavy atom. The molecule has 1 amide bonds. The van der Waals surface area contributed by atoms with Crippen molar-refractivity contribution in [2.75, 3.05) is 11.9 Å². The maximum absolute atomic E-state index is 13.2. The number of hydrogen-bond donors (Lipinski definition) is 2. The number of amides is 1. The van der Waals surface area contributed by atoms with Crippen LogP contribution in [0.3, 0.4) is 0 Å². The SMILES string of the molecule is CCOC(=O)c1c(-c2ccc(F)cc2)csc1NC(=S)NC(=O)C(C)(C)C. The maximum atomic E-state index is 13.2. The molecule has 0 aliphatic heterocycles. The van der Waals surface area contributed by atoms with Crippen LogP contribution in [0.15, 0.2) is 29.6 Å². The molecule has 1 aromatic heterocycles. The van der Waals surface area contributed by atoms with Crippen LogP contribution in [0, 0.1) is 11.2 Å². The lowest BCUT2D eigenvalue weighted by molar-refractivity contribution is -0.126. The number of anilines is 1. The van der Waals surface area contributed by atoms with Crippen molar-refractivity contribution >= 4 is 45.5 Å². The summed E-state index contributed by atoms with van der Waals surface area (Å²) in [5, 5.41) is 7.81. The van der Waals surface area contributed by atoms with Crippen molar-refractivity contribution in [1.82, 2.24) is 5.32 Å². The molecular weight excluding hydrogens is 387 g/mol. The largest absolute Gasteiger partial charge is 0.462 e. The van der Waals surface area contributed by atoms with Crippen LogP contribution in [0.2, 0.25) is 0 Å². The lowest BCUT2D eigenvalue weighted by atomic mass is 9.96. The zero-order valence-electron chi connectivity index (χ0n) is 15.5. The molecule has 0 spiro atoms. The second-order valence-electron chi connectivity index (χ2n) is 6.74. The maximum Gasteiger partial charge on any atom is 0.341 e. The van der Waals surface area contributed by atoms with E-state index in [0.29, 0.717) is 21.7 Å². The van der Waals surface area contributed by atoms with Gasteiger partial charge in [-0.15, -0.1) is 11.3 Å². The van der Waals surface area contributed by atoms with Crippen molar-refractivity contribution in [1.29, 1.82) is 0 Å². The van der Waals surface area contributed by atoms with Gasteiger partial charge in [-0.1, -0.05) is 32.9 Å². The Balaban J connectivity index is 2.33. The molecule has 0 radical (unpaired) electrons. The summed E-state index contributed by atoms with van der Waals surface area (Å²) in [6.45, 7) is 7.23. The molecule has 0 bridgehead atoms. The molecule has 27 heavy (non-hydrogen) atoms. The first-order chi connectivity index (χ1) is 12.6. The van der Waals surface area contributed by atoms with E-state index in [4.69, 9.17) is 17.0 Å². The third-order valence-corrected chi connectivity index (χ3v) is 4.66. The van der Waals surface area contributed by atoms with Crippen molar-refractivity contribution in [2.45, 2.75) is 27.7 Å². The van der Waals surface area contributed by atoms with Gasteiger partial charge in [-0.25, -0.2) is 9.18 Å². The van der Waals surface area contributed by atoms with Gasteiger partial charge in [-0.2, -0.15) is 0 Å². The fourth-order valence-electron chi connectivity index (χ4n) is 2.12. The molecule has 2 N–H and O–H groups in total. The van der Waals surface area contributed by atoms with Crippen molar-refractivity contribution in [3.8, 4) is 11.1 Å². The van der Waals surface area contributed by atoms with Crippen LogP contribution in [0.1, 0.15) is 38.1 Å². The minimum atomic E-state index is -0.607. The van der Waals surface area contributed by atoms with Gasteiger partial charge < -0.3 is 15.4 Å². The molecule has 1 aromatic carbocycles. The number of carbonyl (C=O) groups excluding carboxylic acids is 2. The van der Waals surface area contributed by atoms with Crippen LogP contribution in [-0.4, -0.2) is 23.6 Å². The van der Waals surface area contributed by atoms with E-state index in [9.17, 15) is 14.0 Å². The summed E-state index contributed by atoms with van der Waals surface area (Å²) in [6, 6.07) is 5.82. The van der Waals surface area contributed by atoms with E-state index in [1.807, 2.05) is 0 Å². The lowest BCUT2D eigenvalue weighted by Crippen LogP contribution is -2.41. The number of thiophene rings is 1. The Labute approximate surface area is 166 Å². The molecule has 0 saturated carbocycles. The second kappa shape index (κ2) is 8.58. The molecule has 1 heterocycles. The highest BCUT2D eigenvalue weighted by Gasteiger charge is 2.25. The fourth-order valence-corrected chi connectivity index (χ4v) is 3.34. The number of esters is 1. The molecule has 2 aromatic rings. The van der Waals surface area contributed by atoms with Gasteiger partial charge in [0, 0.05) is 16.4 Å². The molecule has 0 unspecified atom stereocenters. The van der Waals surface area contributed by atoms with E-state index >= 15 is 0 Å². The first-order valence-electron chi connectivity index (χ1n) is 8.30. The summed E-state index contributed by atoms with van der Waals surface area (Å²) >= 11 is 6.44. The van der Waals surface area contributed by atoms with Crippen LogP contribution >= 0.6 is 23.6 Å². The van der Waals surface area contributed by atoms with E-state index in [1.54, 1.807) is 45.2 Å². The van der Waals surface area contributed by atoms with Gasteiger partial charge in [0.2, 0.25) is 5.91 Å². The minimum Gasteiger partial charge on any atom is -0.462 e. The zero-order chi connectivity index (χ0) is 20.2. The molecule has 144 valence electrons. The molecule has 5 nitrogen and oxygen atoms in total. The number of benzene rings is 1. The van der Waals surface area contributed by atoms with Crippen molar-refractivity contribution in [3.63, 3.8) is 0 Å². The third kappa shape index (κ3) is 5.33. The van der Waals surface area contributed by atoms with Gasteiger partial charge >= 0.3 is 5.97 Å². The highest BCUT2D eigenvalue weighted by molar-refractivity contribution is 7.80. The van der Waals surface area contributed by atoms with Crippen molar-refractivity contribution in [3.05, 3.63) is 41.0 Å². The van der Waals surface area contributed by atoms with Crippen LogP contribution < -0.4 is 10.6 Å². The molecule has 0 atom stereocenters. The van der Waals surface area contributed by atoms with Crippen LogP contribution in [0.5, 0.6) is 0 Å². The summed E-state index contributed by atoms with van der Waals surface area (Å²) in [7, 11) is 0. The Morgan fingerprint density at radius 2 is 1.85 bits per heavy atom. The normalized spacial score (nSPS) is 11.0. The fraction of sp³-hybridized carbons (Fsp3) is 0.316. The van der Waals surface area contributed by atoms with Crippen LogP contribution in [0.25, 0.3) is 11.1 Å². The summed E-state index contributed by atoms with van der Waals surface area (Å²) in [4.78, 5) is 24.6. The second-order valence-corrected chi connectivity index (χ2v) is 8.03. The molecular formula is C19H21FN2O3S2. The van der Waals surface area contributed by atoms with Gasteiger partial charge in [-0.3, -0.25) is 4.79 Å². The number of halogens is 1. The standard InChI is InChI=1S/C19H21FN2O3S2/c1-5-25-16(23)14-13(11-6-8-12(20)9-7-11)10-27-15(14)21-18(26)22-17(24)19(2,3)4/h6-10H,5H2,1-4H3,(H2,21,22,24,26). The van der Waals surface area contributed by atoms with Gasteiger partial charge in [-0.05, 0) is 36.8 Å². The monoisotopic (exact) mass is 408 g/mol. The number of carbonyl (C=O) groups is 2. The van der Waals surface area contributed by atoms with Crippen molar-refractivity contribution in [2.24, 2.45) is 5.41 Å². The number of rotatable bonds is 4. The summed E-state index contributed by atoms with van der Waals surface area (Å²) in [6.07, 6.45) is 0. The lowest BCUT2D eigenvalue weighted by Gasteiger charge is -2.18.